The van der Waals surface area contributed by atoms with Crippen LogP contribution >= 0.6 is 0 Å². The third kappa shape index (κ3) is 4.30. The van der Waals surface area contributed by atoms with Gasteiger partial charge in [0.25, 0.3) is 0 Å². The molecule has 2 heterocycles. The zero-order chi connectivity index (χ0) is 20.3. The number of benzene rings is 1. The fraction of sp³-hybridized carbons (Fsp3) is 0.400. The molecule has 0 saturated carbocycles. The second kappa shape index (κ2) is 8.22. The fourth-order valence-corrected chi connectivity index (χ4v) is 3.75. The molecule has 28 heavy (non-hydrogen) atoms. The number of ether oxygens (including phenoxy) is 1. The molecule has 0 radical (unpaired) electrons. The van der Waals surface area contributed by atoms with Gasteiger partial charge in [0.05, 0.1) is 10.9 Å². The summed E-state index contributed by atoms with van der Waals surface area (Å²) in [7, 11) is 0. The minimum absolute atomic E-state index is 0.367. The molecule has 2 aromatic rings. The molecular weight excluding hydrogens is 346 g/mol. The van der Waals surface area contributed by atoms with E-state index in [0.29, 0.717) is 5.52 Å². The summed E-state index contributed by atoms with van der Waals surface area (Å²) >= 11 is 0. The second-order valence-corrected chi connectivity index (χ2v) is 8.31. The zero-order valence-corrected chi connectivity index (χ0v) is 17.7. The zero-order valence-electron chi connectivity index (χ0n) is 17.7. The number of hydrogen-bond donors (Lipinski definition) is 0. The molecule has 1 aliphatic rings. The van der Waals surface area contributed by atoms with Crippen molar-refractivity contribution in [2.45, 2.75) is 65.9 Å². The van der Waals surface area contributed by atoms with Crippen LogP contribution in [0.4, 0.5) is 0 Å². The Hall–Kier alpha value is -2.55. The van der Waals surface area contributed by atoms with E-state index >= 15 is 0 Å². The summed E-state index contributed by atoms with van der Waals surface area (Å²) in [4.78, 5) is 0. The number of nitrogens with zero attached hydrogens (tertiary/aromatic N) is 1. The molecule has 0 spiro atoms. The van der Waals surface area contributed by atoms with Crippen LogP contribution < -0.4 is 9.47 Å². The molecule has 1 aromatic heterocycles. The first-order valence-electron chi connectivity index (χ1n) is 10.1. The maximum absolute atomic E-state index is 12.6. The van der Waals surface area contributed by atoms with Gasteiger partial charge in [-0.25, -0.2) is 0 Å². The van der Waals surface area contributed by atoms with Crippen molar-refractivity contribution in [2.75, 3.05) is 0 Å². The molecule has 1 atom stereocenters. The van der Waals surface area contributed by atoms with Gasteiger partial charge in [-0.15, -0.1) is 0 Å². The van der Waals surface area contributed by atoms with E-state index in [-0.39, 0.29) is 5.60 Å². The maximum atomic E-state index is 12.6. The molecule has 0 aliphatic carbocycles. The van der Waals surface area contributed by atoms with E-state index in [2.05, 4.69) is 52.0 Å². The molecule has 0 N–H and O–H groups in total. The average molecular weight is 378 g/mol. The van der Waals surface area contributed by atoms with Crippen LogP contribution in [0.25, 0.3) is 10.9 Å². The van der Waals surface area contributed by atoms with Crippen LogP contribution in [-0.2, 0) is 6.42 Å². The summed E-state index contributed by atoms with van der Waals surface area (Å²) in [6.45, 7) is 10.5. The van der Waals surface area contributed by atoms with Crippen molar-refractivity contribution in [1.29, 1.82) is 0 Å². The van der Waals surface area contributed by atoms with E-state index in [0.717, 1.165) is 52.8 Å². The molecule has 0 amide bonds. The molecule has 0 bridgehead atoms. The Labute approximate surface area is 168 Å². The Morgan fingerprint density at radius 2 is 2.00 bits per heavy atom. The summed E-state index contributed by atoms with van der Waals surface area (Å²) < 4.78 is 7.52. The van der Waals surface area contributed by atoms with E-state index in [1.807, 2.05) is 31.2 Å². The van der Waals surface area contributed by atoms with Crippen molar-refractivity contribution in [3.63, 3.8) is 0 Å². The first-order chi connectivity index (χ1) is 13.3. The number of allylic oxidation sites excluding steroid dienone is 5. The second-order valence-electron chi connectivity index (χ2n) is 8.31. The molecule has 1 unspecified atom stereocenters. The quantitative estimate of drug-likeness (QED) is 0.273. The minimum atomic E-state index is -0.367. The highest BCUT2D eigenvalue weighted by atomic mass is 16.5. The van der Waals surface area contributed by atoms with Gasteiger partial charge >= 0.3 is 0 Å². The molecule has 148 valence electrons. The van der Waals surface area contributed by atoms with Gasteiger partial charge in [-0.05, 0) is 65.5 Å². The molecule has 1 aliphatic heterocycles. The molecule has 0 saturated heterocycles. The van der Waals surface area contributed by atoms with Crippen LogP contribution in [0, 0.1) is 12.1 Å². The lowest BCUT2D eigenvalue weighted by atomic mass is 9.90. The van der Waals surface area contributed by atoms with Crippen molar-refractivity contribution >= 4 is 10.9 Å². The number of rotatable bonds is 5. The maximum Gasteiger partial charge on any atom is 0.227 e. The Balaban J connectivity index is 1.83. The number of pyridine rings is 1. The van der Waals surface area contributed by atoms with E-state index in [1.165, 1.54) is 11.1 Å². The summed E-state index contributed by atoms with van der Waals surface area (Å²) in [5.41, 5.74) is 4.81. The predicted octanol–water partition coefficient (Wildman–Crippen LogP) is 6.11. The van der Waals surface area contributed by atoms with Crippen molar-refractivity contribution < 1.29 is 9.47 Å². The molecule has 1 aromatic carbocycles. The number of fused-ring (bicyclic) bond motifs is 3. The van der Waals surface area contributed by atoms with E-state index in [1.54, 1.807) is 0 Å². The normalized spacial score (nSPS) is 19.5. The first kappa shape index (κ1) is 20.2. The monoisotopic (exact) mass is 377 g/mol. The molecular formula is C25H31NO2. The number of para-hydroxylation sites is 1. The van der Waals surface area contributed by atoms with Gasteiger partial charge in [0.2, 0.25) is 5.52 Å². The SMILES string of the molecule is CC(C)=CCCC(C)=CC=CC1(C)CCc2c(c3ccccc3[n+]([O-])c2C)O1. The summed E-state index contributed by atoms with van der Waals surface area (Å²) in [5, 5.41) is 13.5. The Bertz CT molecular complexity index is 964. The predicted molar refractivity (Wildman–Crippen MR) is 117 cm³/mol. The molecule has 3 nitrogen and oxygen atoms in total. The van der Waals surface area contributed by atoms with Crippen molar-refractivity contribution in [3.8, 4) is 5.75 Å². The average Bonchev–Trinajstić information content (AvgIpc) is 2.65. The van der Waals surface area contributed by atoms with Crippen LogP contribution in [-0.4, -0.2) is 5.60 Å². The highest BCUT2D eigenvalue weighted by Gasteiger charge is 2.34. The highest BCUT2D eigenvalue weighted by molar-refractivity contribution is 5.84. The lowest BCUT2D eigenvalue weighted by Gasteiger charge is -2.34. The van der Waals surface area contributed by atoms with Crippen LogP contribution in [0.3, 0.4) is 0 Å². The van der Waals surface area contributed by atoms with Crippen LogP contribution in [0.2, 0.25) is 0 Å². The van der Waals surface area contributed by atoms with E-state index in [4.69, 9.17) is 4.74 Å². The van der Waals surface area contributed by atoms with Gasteiger partial charge < -0.3 is 9.94 Å². The van der Waals surface area contributed by atoms with E-state index < -0.39 is 0 Å². The Morgan fingerprint density at radius 3 is 2.75 bits per heavy atom. The largest absolute Gasteiger partial charge is 0.618 e. The van der Waals surface area contributed by atoms with Crippen molar-refractivity contribution in [1.82, 2.24) is 0 Å². The first-order valence-corrected chi connectivity index (χ1v) is 10.1. The van der Waals surface area contributed by atoms with Gasteiger partial charge in [-0.3, -0.25) is 0 Å². The Kier molecular flexibility index (Phi) is 5.93. The van der Waals surface area contributed by atoms with Gasteiger partial charge in [-0.2, -0.15) is 4.73 Å². The third-order valence-electron chi connectivity index (χ3n) is 5.51. The van der Waals surface area contributed by atoms with Gasteiger partial charge in [0.15, 0.2) is 5.69 Å². The highest BCUT2D eigenvalue weighted by Crippen LogP contribution is 2.39. The third-order valence-corrected chi connectivity index (χ3v) is 5.51. The van der Waals surface area contributed by atoms with Crippen LogP contribution in [0.1, 0.15) is 58.2 Å². The van der Waals surface area contributed by atoms with Gasteiger partial charge in [0, 0.05) is 13.0 Å². The number of aromatic nitrogens is 1. The Morgan fingerprint density at radius 1 is 1.25 bits per heavy atom. The standard InChI is InChI=1S/C25H31NO2/c1-18(2)10-8-11-19(3)12-9-16-25(5)17-15-21-20(4)26(27)23-14-7-6-13-22(23)24(21)28-25/h6-7,9-10,12-14,16H,8,11,15,17H2,1-5H3. The molecule has 0 fully saturated rings. The van der Waals surface area contributed by atoms with Crippen molar-refractivity contribution in [3.05, 3.63) is 76.2 Å². The lowest BCUT2D eigenvalue weighted by Crippen LogP contribution is -2.39. The topological polar surface area (TPSA) is 36.2 Å². The van der Waals surface area contributed by atoms with Gasteiger partial charge in [0.1, 0.15) is 11.4 Å². The van der Waals surface area contributed by atoms with E-state index in [9.17, 15) is 5.21 Å². The molecule has 3 heteroatoms. The fourth-order valence-electron chi connectivity index (χ4n) is 3.75. The summed E-state index contributed by atoms with van der Waals surface area (Å²) in [6, 6.07) is 7.69. The molecule has 3 rings (SSSR count). The van der Waals surface area contributed by atoms with Crippen LogP contribution in [0.5, 0.6) is 5.75 Å². The summed E-state index contributed by atoms with van der Waals surface area (Å²) in [6.07, 6.45) is 12.6. The lowest BCUT2D eigenvalue weighted by molar-refractivity contribution is -0.584. The minimum Gasteiger partial charge on any atom is -0.618 e. The smallest absolute Gasteiger partial charge is 0.227 e. The van der Waals surface area contributed by atoms with Crippen LogP contribution in [0.15, 0.2) is 59.7 Å². The van der Waals surface area contributed by atoms with Gasteiger partial charge in [-0.1, -0.05) is 41.5 Å². The number of hydrogen-bond acceptors (Lipinski definition) is 2. The van der Waals surface area contributed by atoms with Crippen molar-refractivity contribution in [2.24, 2.45) is 0 Å². The summed E-state index contributed by atoms with van der Waals surface area (Å²) in [5.74, 6) is 0.864.